The lowest BCUT2D eigenvalue weighted by Crippen LogP contribution is -2.13. The van der Waals surface area contributed by atoms with Crippen LogP contribution in [0.3, 0.4) is 0 Å². The highest BCUT2D eigenvalue weighted by molar-refractivity contribution is 5.87. The summed E-state index contributed by atoms with van der Waals surface area (Å²) in [6.45, 7) is 7.63. The quantitative estimate of drug-likeness (QED) is 0.218. The molecular weight excluding hydrogens is 456 g/mol. The molecular formula is C28H32N4O4. The molecule has 0 spiro atoms. The Hall–Kier alpha value is -3.67. The minimum Gasteiger partial charge on any atom is -0.449 e. The van der Waals surface area contributed by atoms with Gasteiger partial charge in [0, 0.05) is 36.5 Å². The van der Waals surface area contributed by atoms with Gasteiger partial charge in [0.25, 0.3) is 0 Å². The van der Waals surface area contributed by atoms with Crippen LogP contribution in [0, 0.1) is 11.8 Å². The lowest BCUT2D eigenvalue weighted by Gasteiger charge is -2.08. The van der Waals surface area contributed by atoms with Crippen molar-refractivity contribution in [2.75, 3.05) is 33.0 Å². The van der Waals surface area contributed by atoms with Crippen molar-refractivity contribution in [3.05, 3.63) is 60.2 Å². The standard InChI is InChI=1S/C28H32N4O4/c1-3-5-16-36-28(33)32-13-12-23-20-22(21-29-27(23)32)10-11-26-30-24-8-6-7-9-25(24)31(26)14-17-35-19-18-34-15-4-2/h6-9,12-13,20-21H,3-5,14-19H2,1-2H3. The van der Waals surface area contributed by atoms with Crippen molar-refractivity contribution in [3.63, 3.8) is 0 Å². The zero-order valence-electron chi connectivity index (χ0n) is 20.9. The lowest BCUT2D eigenvalue weighted by molar-refractivity contribution is 0.0453. The molecule has 0 unspecified atom stereocenters. The van der Waals surface area contributed by atoms with E-state index in [0.29, 0.717) is 44.4 Å². The molecule has 0 N–H and O–H groups in total. The molecule has 3 heterocycles. The molecule has 1 aromatic carbocycles. The number of unbranched alkanes of at least 4 members (excludes halogenated alkanes) is 1. The van der Waals surface area contributed by atoms with Gasteiger partial charge in [-0.2, -0.15) is 0 Å². The molecule has 36 heavy (non-hydrogen) atoms. The third-order valence-electron chi connectivity index (χ3n) is 5.60. The van der Waals surface area contributed by atoms with Crippen LogP contribution in [0.15, 0.2) is 48.8 Å². The summed E-state index contributed by atoms with van der Waals surface area (Å²) in [5.41, 5.74) is 3.19. The van der Waals surface area contributed by atoms with Gasteiger partial charge in [0.1, 0.15) is 5.65 Å². The predicted molar refractivity (Wildman–Crippen MR) is 139 cm³/mol. The van der Waals surface area contributed by atoms with E-state index in [2.05, 4.69) is 35.2 Å². The fraction of sp³-hybridized carbons (Fsp3) is 0.393. The van der Waals surface area contributed by atoms with Crippen molar-refractivity contribution >= 4 is 28.2 Å². The van der Waals surface area contributed by atoms with Crippen LogP contribution in [0.1, 0.15) is 44.5 Å². The SMILES string of the molecule is CCCCOC(=O)n1ccc2cc(C#Cc3nc4ccccc4n3CCOCCOCCC)cnc21. The number of carbonyl (C=O) groups excluding carboxylic acids is 1. The van der Waals surface area contributed by atoms with Gasteiger partial charge in [-0.25, -0.2) is 19.3 Å². The van der Waals surface area contributed by atoms with Crippen molar-refractivity contribution in [2.45, 2.75) is 39.7 Å². The van der Waals surface area contributed by atoms with Gasteiger partial charge < -0.3 is 18.8 Å². The Morgan fingerprint density at radius 1 is 0.972 bits per heavy atom. The molecule has 0 amide bonds. The molecule has 0 saturated carbocycles. The number of nitrogens with zero attached hydrogens (tertiary/aromatic N) is 4. The number of carbonyl (C=O) groups is 1. The molecule has 4 rings (SSSR count). The van der Waals surface area contributed by atoms with Crippen LogP contribution in [-0.4, -0.2) is 58.2 Å². The Bertz CT molecular complexity index is 1360. The van der Waals surface area contributed by atoms with E-state index in [1.165, 1.54) is 4.57 Å². The molecule has 0 fully saturated rings. The third kappa shape index (κ3) is 6.30. The van der Waals surface area contributed by atoms with E-state index in [1.54, 1.807) is 12.4 Å². The highest BCUT2D eigenvalue weighted by Crippen LogP contribution is 2.17. The summed E-state index contributed by atoms with van der Waals surface area (Å²) < 4.78 is 20.0. The number of fused-ring (bicyclic) bond motifs is 2. The van der Waals surface area contributed by atoms with Gasteiger partial charge in [-0.05, 0) is 43.0 Å². The number of pyridine rings is 1. The summed E-state index contributed by atoms with van der Waals surface area (Å²) in [6, 6.07) is 11.7. The molecule has 0 atom stereocenters. The van der Waals surface area contributed by atoms with Gasteiger partial charge in [0.15, 0.2) is 5.82 Å². The molecule has 0 aliphatic heterocycles. The predicted octanol–water partition coefficient (Wildman–Crippen LogP) is 5.01. The van der Waals surface area contributed by atoms with Crippen molar-refractivity contribution in [1.29, 1.82) is 0 Å². The molecule has 0 radical (unpaired) electrons. The molecule has 8 heteroatoms. The minimum atomic E-state index is -0.419. The van der Waals surface area contributed by atoms with Crippen molar-refractivity contribution < 1.29 is 19.0 Å². The second-order valence-electron chi connectivity index (χ2n) is 8.34. The third-order valence-corrected chi connectivity index (χ3v) is 5.60. The second kappa shape index (κ2) is 12.9. The number of rotatable bonds is 11. The van der Waals surface area contributed by atoms with Crippen molar-refractivity contribution in [2.24, 2.45) is 0 Å². The largest absolute Gasteiger partial charge is 0.449 e. The molecule has 4 aromatic rings. The molecule has 8 nitrogen and oxygen atoms in total. The van der Waals surface area contributed by atoms with Gasteiger partial charge in [-0.15, -0.1) is 0 Å². The lowest BCUT2D eigenvalue weighted by atomic mass is 10.2. The maximum atomic E-state index is 12.3. The second-order valence-corrected chi connectivity index (χ2v) is 8.34. The number of benzene rings is 1. The van der Waals surface area contributed by atoms with Crippen LogP contribution in [0.5, 0.6) is 0 Å². The Morgan fingerprint density at radius 3 is 2.64 bits per heavy atom. The normalized spacial score (nSPS) is 11.1. The number of hydrogen-bond donors (Lipinski definition) is 0. The Balaban J connectivity index is 1.49. The molecule has 0 aliphatic carbocycles. The van der Waals surface area contributed by atoms with Crippen LogP contribution in [-0.2, 0) is 20.8 Å². The number of ether oxygens (including phenoxy) is 3. The summed E-state index contributed by atoms with van der Waals surface area (Å²) in [6.07, 6.45) is 5.73. The Kier molecular flexibility index (Phi) is 9.09. The summed E-state index contributed by atoms with van der Waals surface area (Å²) >= 11 is 0. The monoisotopic (exact) mass is 488 g/mol. The number of aromatic nitrogens is 4. The highest BCUT2D eigenvalue weighted by Gasteiger charge is 2.12. The fourth-order valence-corrected chi connectivity index (χ4v) is 3.76. The van der Waals surface area contributed by atoms with Crippen molar-refractivity contribution in [1.82, 2.24) is 19.1 Å². The van der Waals surface area contributed by atoms with E-state index < -0.39 is 6.09 Å². The van der Waals surface area contributed by atoms with Crippen molar-refractivity contribution in [3.8, 4) is 11.8 Å². The zero-order chi connectivity index (χ0) is 25.2. The van der Waals surface area contributed by atoms with Crippen LogP contribution in [0.2, 0.25) is 0 Å². The van der Waals surface area contributed by atoms with E-state index in [-0.39, 0.29) is 0 Å². The van der Waals surface area contributed by atoms with E-state index >= 15 is 0 Å². The van der Waals surface area contributed by atoms with Gasteiger partial charge >= 0.3 is 6.09 Å². The summed E-state index contributed by atoms with van der Waals surface area (Å²) in [5, 5.41) is 0.821. The van der Waals surface area contributed by atoms with E-state index in [4.69, 9.17) is 19.2 Å². The number of hydrogen-bond acceptors (Lipinski definition) is 6. The first-order valence-electron chi connectivity index (χ1n) is 12.5. The van der Waals surface area contributed by atoms with Crippen LogP contribution >= 0.6 is 0 Å². The molecule has 0 aliphatic rings. The van der Waals surface area contributed by atoms with Gasteiger partial charge in [-0.1, -0.05) is 38.3 Å². The maximum Gasteiger partial charge on any atom is 0.419 e. The Morgan fingerprint density at radius 2 is 1.81 bits per heavy atom. The number of para-hydroxylation sites is 2. The zero-order valence-corrected chi connectivity index (χ0v) is 20.9. The van der Waals surface area contributed by atoms with E-state index in [1.807, 2.05) is 36.4 Å². The summed E-state index contributed by atoms with van der Waals surface area (Å²) in [5.74, 6) is 7.04. The van der Waals surface area contributed by atoms with Gasteiger partial charge in [0.2, 0.25) is 0 Å². The molecule has 188 valence electrons. The minimum absolute atomic E-state index is 0.400. The molecule has 3 aromatic heterocycles. The smallest absolute Gasteiger partial charge is 0.419 e. The average molecular weight is 489 g/mol. The fourth-order valence-electron chi connectivity index (χ4n) is 3.76. The van der Waals surface area contributed by atoms with E-state index in [9.17, 15) is 4.79 Å². The summed E-state index contributed by atoms with van der Waals surface area (Å²) in [4.78, 5) is 21.5. The topological polar surface area (TPSA) is 80.4 Å². The molecule has 0 bridgehead atoms. The first-order chi connectivity index (χ1) is 17.7. The highest BCUT2D eigenvalue weighted by atomic mass is 16.5. The average Bonchev–Trinajstić information content (AvgIpc) is 3.48. The van der Waals surface area contributed by atoms with Crippen LogP contribution < -0.4 is 0 Å². The maximum absolute atomic E-state index is 12.3. The van der Waals surface area contributed by atoms with Gasteiger partial charge in [0.05, 0.1) is 37.5 Å². The summed E-state index contributed by atoms with van der Waals surface area (Å²) in [7, 11) is 0. The van der Waals surface area contributed by atoms with Crippen LogP contribution in [0.4, 0.5) is 4.79 Å². The van der Waals surface area contributed by atoms with Gasteiger partial charge in [-0.3, -0.25) is 0 Å². The van der Waals surface area contributed by atoms with E-state index in [0.717, 1.165) is 47.9 Å². The molecule has 0 saturated heterocycles. The number of imidazole rings is 1. The first-order valence-corrected chi connectivity index (χ1v) is 12.5. The van der Waals surface area contributed by atoms with Crippen LogP contribution in [0.25, 0.3) is 22.1 Å². The Labute approximate surface area is 211 Å². The first kappa shape index (κ1) is 25.4.